The van der Waals surface area contributed by atoms with Crippen LogP contribution in [-0.4, -0.2) is 0 Å². The smallest absolute Gasteiger partial charge is 0.0355 e. The Morgan fingerprint density at radius 3 is 2.21 bits per heavy atom. The summed E-state index contributed by atoms with van der Waals surface area (Å²) in [4.78, 5) is 0. The molecule has 0 radical (unpaired) electrons. The van der Waals surface area contributed by atoms with E-state index >= 15 is 0 Å². The SMILES string of the molecule is CCC1CCCCC1C(CC)C(C)C. The van der Waals surface area contributed by atoms with Crippen LogP contribution in [0.4, 0.5) is 0 Å². The van der Waals surface area contributed by atoms with Crippen molar-refractivity contribution < 1.29 is 0 Å². The van der Waals surface area contributed by atoms with Gasteiger partial charge in [0.25, 0.3) is 0 Å². The van der Waals surface area contributed by atoms with Crippen LogP contribution in [0.1, 0.15) is 66.2 Å². The van der Waals surface area contributed by atoms with Gasteiger partial charge in [0.2, 0.25) is 0 Å². The average Bonchev–Trinajstić information content (AvgIpc) is 2.19. The minimum Gasteiger partial charge on any atom is -0.0651 e. The van der Waals surface area contributed by atoms with Crippen molar-refractivity contribution in [2.75, 3.05) is 0 Å². The Morgan fingerprint density at radius 2 is 1.71 bits per heavy atom. The van der Waals surface area contributed by atoms with Crippen LogP contribution in [0.2, 0.25) is 0 Å². The second-order valence-electron chi connectivity index (χ2n) is 5.43. The highest BCUT2D eigenvalue weighted by Crippen LogP contribution is 2.41. The Bertz CT molecular complexity index is 148. The van der Waals surface area contributed by atoms with E-state index in [0.717, 1.165) is 23.7 Å². The van der Waals surface area contributed by atoms with E-state index in [1.807, 2.05) is 0 Å². The molecule has 1 rings (SSSR count). The lowest BCUT2D eigenvalue weighted by atomic mass is 9.67. The Morgan fingerprint density at radius 1 is 1.07 bits per heavy atom. The first-order valence-corrected chi connectivity index (χ1v) is 6.70. The first-order chi connectivity index (χ1) is 6.70. The van der Waals surface area contributed by atoms with Crippen molar-refractivity contribution >= 4 is 0 Å². The van der Waals surface area contributed by atoms with Crippen LogP contribution in [-0.2, 0) is 0 Å². The monoisotopic (exact) mass is 196 g/mol. The fraction of sp³-hybridized carbons (Fsp3) is 1.00. The van der Waals surface area contributed by atoms with Gasteiger partial charge < -0.3 is 0 Å². The Kier molecular flexibility index (Phi) is 4.98. The molecule has 0 aromatic heterocycles. The van der Waals surface area contributed by atoms with Gasteiger partial charge in [0.1, 0.15) is 0 Å². The minimum absolute atomic E-state index is 0.886. The van der Waals surface area contributed by atoms with E-state index in [1.54, 1.807) is 0 Å². The molecule has 0 aromatic carbocycles. The molecule has 1 aliphatic carbocycles. The predicted molar refractivity (Wildman–Crippen MR) is 64.4 cm³/mol. The molecule has 1 saturated carbocycles. The molecule has 0 amide bonds. The molecule has 84 valence electrons. The van der Waals surface area contributed by atoms with E-state index in [-0.39, 0.29) is 0 Å². The van der Waals surface area contributed by atoms with Crippen molar-refractivity contribution in [2.45, 2.75) is 66.2 Å². The summed E-state index contributed by atoms with van der Waals surface area (Å²) in [6.07, 6.45) is 8.79. The van der Waals surface area contributed by atoms with Crippen LogP contribution in [0.25, 0.3) is 0 Å². The first-order valence-electron chi connectivity index (χ1n) is 6.70. The molecule has 0 aliphatic heterocycles. The maximum Gasteiger partial charge on any atom is -0.0355 e. The van der Waals surface area contributed by atoms with Crippen LogP contribution < -0.4 is 0 Å². The van der Waals surface area contributed by atoms with Crippen LogP contribution in [0.5, 0.6) is 0 Å². The summed E-state index contributed by atoms with van der Waals surface area (Å²) in [7, 11) is 0. The van der Waals surface area contributed by atoms with E-state index in [2.05, 4.69) is 27.7 Å². The van der Waals surface area contributed by atoms with Gasteiger partial charge in [0.05, 0.1) is 0 Å². The van der Waals surface area contributed by atoms with Gasteiger partial charge in [0, 0.05) is 0 Å². The standard InChI is InChI=1S/C14H28/c1-5-12-9-7-8-10-14(12)13(6-2)11(3)4/h11-14H,5-10H2,1-4H3. The third-order valence-corrected chi connectivity index (χ3v) is 4.37. The van der Waals surface area contributed by atoms with E-state index in [1.165, 1.54) is 38.5 Å². The summed E-state index contributed by atoms with van der Waals surface area (Å²) >= 11 is 0. The molecule has 3 unspecified atom stereocenters. The van der Waals surface area contributed by atoms with Crippen LogP contribution >= 0.6 is 0 Å². The van der Waals surface area contributed by atoms with Crippen molar-refractivity contribution in [1.29, 1.82) is 0 Å². The molecule has 1 fully saturated rings. The minimum atomic E-state index is 0.886. The van der Waals surface area contributed by atoms with E-state index in [0.29, 0.717) is 0 Å². The number of hydrogen-bond donors (Lipinski definition) is 0. The van der Waals surface area contributed by atoms with Crippen molar-refractivity contribution in [1.82, 2.24) is 0 Å². The van der Waals surface area contributed by atoms with Crippen LogP contribution in [0.3, 0.4) is 0 Å². The van der Waals surface area contributed by atoms with Gasteiger partial charge in [-0.3, -0.25) is 0 Å². The summed E-state index contributed by atoms with van der Waals surface area (Å²) in [5.41, 5.74) is 0. The molecule has 3 atom stereocenters. The maximum absolute atomic E-state index is 2.41. The molecule has 0 nitrogen and oxygen atoms in total. The molecule has 0 saturated heterocycles. The van der Waals surface area contributed by atoms with Crippen molar-refractivity contribution in [3.63, 3.8) is 0 Å². The molecule has 1 aliphatic rings. The lowest BCUT2D eigenvalue weighted by Crippen LogP contribution is -2.29. The summed E-state index contributed by atoms with van der Waals surface area (Å²) < 4.78 is 0. The average molecular weight is 196 g/mol. The molecule has 0 N–H and O–H groups in total. The largest absolute Gasteiger partial charge is 0.0651 e. The number of hydrogen-bond acceptors (Lipinski definition) is 0. The van der Waals surface area contributed by atoms with E-state index < -0.39 is 0 Å². The normalized spacial score (nSPS) is 30.6. The fourth-order valence-corrected chi connectivity index (χ4v) is 3.58. The van der Waals surface area contributed by atoms with Crippen molar-refractivity contribution in [2.24, 2.45) is 23.7 Å². The third kappa shape index (κ3) is 2.74. The summed E-state index contributed by atoms with van der Waals surface area (Å²) in [5.74, 6) is 3.95. The molecular formula is C14H28. The quantitative estimate of drug-likeness (QED) is 0.601. The highest BCUT2D eigenvalue weighted by molar-refractivity contribution is 4.81. The van der Waals surface area contributed by atoms with Gasteiger partial charge in [-0.2, -0.15) is 0 Å². The van der Waals surface area contributed by atoms with Crippen LogP contribution in [0.15, 0.2) is 0 Å². The lowest BCUT2D eigenvalue weighted by Gasteiger charge is -2.38. The van der Waals surface area contributed by atoms with Gasteiger partial charge in [0.15, 0.2) is 0 Å². The van der Waals surface area contributed by atoms with Gasteiger partial charge in [-0.15, -0.1) is 0 Å². The molecular weight excluding hydrogens is 168 g/mol. The van der Waals surface area contributed by atoms with Gasteiger partial charge in [-0.05, 0) is 30.1 Å². The summed E-state index contributed by atoms with van der Waals surface area (Å²) in [5, 5.41) is 0. The second kappa shape index (κ2) is 5.78. The highest BCUT2D eigenvalue weighted by Gasteiger charge is 2.30. The zero-order valence-electron chi connectivity index (χ0n) is 10.6. The Balaban J connectivity index is 2.60. The topological polar surface area (TPSA) is 0 Å². The maximum atomic E-state index is 2.41. The lowest BCUT2D eigenvalue weighted by molar-refractivity contribution is 0.119. The zero-order valence-corrected chi connectivity index (χ0v) is 10.6. The van der Waals surface area contributed by atoms with Crippen molar-refractivity contribution in [3.05, 3.63) is 0 Å². The van der Waals surface area contributed by atoms with Crippen LogP contribution in [0, 0.1) is 23.7 Å². The molecule has 0 spiro atoms. The zero-order chi connectivity index (χ0) is 10.6. The molecule has 14 heavy (non-hydrogen) atoms. The van der Waals surface area contributed by atoms with Crippen molar-refractivity contribution in [3.8, 4) is 0 Å². The third-order valence-electron chi connectivity index (χ3n) is 4.37. The predicted octanol–water partition coefficient (Wildman–Crippen LogP) is 4.89. The van der Waals surface area contributed by atoms with E-state index in [4.69, 9.17) is 0 Å². The van der Waals surface area contributed by atoms with Gasteiger partial charge >= 0.3 is 0 Å². The second-order valence-corrected chi connectivity index (χ2v) is 5.43. The molecule has 0 heterocycles. The molecule has 0 heteroatoms. The highest BCUT2D eigenvalue weighted by atomic mass is 14.4. The molecule has 0 bridgehead atoms. The number of rotatable bonds is 4. The van der Waals surface area contributed by atoms with E-state index in [9.17, 15) is 0 Å². The summed E-state index contributed by atoms with van der Waals surface area (Å²) in [6, 6.07) is 0. The summed E-state index contributed by atoms with van der Waals surface area (Å²) in [6.45, 7) is 9.59. The first kappa shape index (κ1) is 12.1. The fourth-order valence-electron chi connectivity index (χ4n) is 3.58. The Hall–Kier alpha value is 0. The van der Waals surface area contributed by atoms with Gasteiger partial charge in [-0.1, -0.05) is 59.8 Å². The Labute approximate surface area is 90.5 Å². The molecule has 0 aromatic rings. The van der Waals surface area contributed by atoms with Gasteiger partial charge in [-0.25, -0.2) is 0 Å².